The quantitative estimate of drug-likeness (QED) is 0.470. The monoisotopic (exact) mass is 557 g/mol. The highest BCUT2D eigenvalue weighted by atomic mass is 35.5. The molecule has 9 nitrogen and oxygen atoms in total. The first-order valence-electron chi connectivity index (χ1n) is 11.7. The molecular weight excluding hydrogens is 526 g/mol. The van der Waals surface area contributed by atoms with Gasteiger partial charge in [-0.25, -0.2) is 16.8 Å². The number of anilines is 2. The molecule has 12 heteroatoms. The van der Waals surface area contributed by atoms with Gasteiger partial charge in [-0.15, -0.1) is 0 Å². The van der Waals surface area contributed by atoms with E-state index in [4.69, 9.17) is 16.3 Å². The molecule has 1 aliphatic rings. The first kappa shape index (κ1) is 28.2. The Morgan fingerprint density at radius 3 is 2.22 bits per heavy atom. The van der Waals surface area contributed by atoms with Gasteiger partial charge >= 0.3 is 0 Å². The molecule has 0 radical (unpaired) electrons. The van der Waals surface area contributed by atoms with Crippen molar-refractivity contribution in [1.82, 2.24) is 4.31 Å². The van der Waals surface area contributed by atoms with Crippen LogP contribution < -0.4 is 14.4 Å². The van der Waals surface area contributed by atoms with E-state index in [0.29, 0.717) is 30.2 Å². The van der Waals surface area contributed by atoms with E-state index in [1.165, 1.54) is 33.9 Å². The second-order valence-corrected chi connectivity index (χ2v) is 12.9. The number of nitrogens with zero attached hydrogens (tertiary/aromatic N) is 2. The number of benzene rings is 2. The summed E-state index contributed by atoms with van der Waals surface area (Å²) in [6, 6.07) is 10.8. The molecule has 0 unspecified atom stereocenters. The maximum Gasteiger partial charge on any atom is 0.243 e. The van der Waals surface area contributed by atoms with Crippen LogP contribution in [-0.4, -0.2) is 60.0 Å². The van der Waals surface area contributed by atoms with Crippen LogP contribution in [0, 0.1) is 0 Å². The first-order valence-corrected chi connectivity index (χ1v) is 15.4. The third-order valence-corrected chi connectivity index (χ3v) is 9.33. The van der Waals surface area contributed by atoms with E-state index in [2.05, 4.69) is 5.32 Å². The van der Waals surface area contributed by atoms with Gasteiger partial charge in [-0.1, -0.05) is 24.4 Å². The van der Waals surface area contributed by atoms with E-state index in [1.54, 1.807) is 24.3 Å². The van der Waals surface area contributed by atoms with Gasteiger partial charge in [0.2, 0.25) is 26.0 Å². The van der Waals surface area contributed by atoms with Crippen LogP contribution in [0.15, 0.2) is 47.4 Å². The summed E-state index contributed by atoms with van der Waals surface area (Å²) in [6.45, 7) is 1.13. The van der Waals surface area contributed by atoms with Gasteiger partial charge in [-0.3, -0.25) is 9.10 Å². The maximum absolute atomic E-state index is 12.9. The predicted octanol–water partition coefficient (Wildman–Crippen LogP) is 4.10. The molecule has 1 saturated heterocycles. The van der Waals surface area contributed by atoms with Crippen LogP contribution in [0.4, 0.5) is 11.4 Å². The number of ether oxygens (including phenoxy) is 1. The molecule has 198 valence electrons. The number of methoxy groups -OCH3 is 1. The fourth-order valence-corrected chi connectivity index (χ4v) is 6.77. The molecule has 2 aromatic carbocycles. The van der Waals surface area contributed by atoms with Crippen LogP contribution in [0.2, 0.25) is 5.02 Å². The molecule has 36 heavy (non-hydrogen) atoms. The molecule has 0 bridgehead atoms. The van der Waals surface area contributed by atoms with Gasteiger partial charge < -0.3 is 10.1 Å². The molecule has 1 fully saturated rings. The van der Waals surface area contributed by atoms with Gasteiger partial charge in [-0.2, -0.15) is 4.31 Å². The highest BCUT2D eigenvalue weighted by molar-refractivity contribution is 7.92. The van der Waals surface area contributed by atoms with Gasteiger partial charge in [0.15, 0.2) is 0 Å². The largest absolute Gasteiger partial charge is 0.495 e. The Hall–Kier alpha value is -2.34. The summed E-state index contributed by atoms with van der Waals surface area (Å²) >= 11 is 6.14. The van der Waals surface area contributed by atoms with Crippen LogP contribution in [0.1, 0.15) is 38.5 Å². The lowest BCUT2D eigenvalue weighted by Crippen LogP contribution is -2.32. The summed E-state index contributed by atoms with van der Waals surface area (Å²) in [6.07, 6.45) is 5.21. The Bertz CT molecular complexity index is 1260. The minimum absolute atomic E-state index is 0.0731. The van der Waals surface area contributed by atoms with Crippen LogP contribution in [-0.2, 0) is 24.8 Å². The summed E-state index contributed by atoms with van der Waals surface area (Å²) in [7, 11) is -5.69. The number of halogens is 1. The number of rotatable bonds is 10. The summed E-state index contributed by atoms with van der Waals surface area (Å²) in [5.74, 6) is 0.123. The Balaban J connectivity index is 1.58. The average molecular weight is 558 g/mol. The first-order chi connectivity index (χ1) is 17.0. The van der Waals surface area contributed by atoms with Crippen LogP contribution in [0.5, 0.6) is 5.75 Å². The van der Waals surface area contributed by atoms with E-state index in [9.17, 15) is 21.6 Å². The number of hydrogen-bond donors (Lipinski definition) is 1. The zero-order valence-corrected chi connectivity index (χ0v) is 22.8. The van der Waals surface area contributed by atoms with E-state index < -0.39 is 20.0 Å². The molecule has 0 aromatic heterocycles. The molecule has 1 heterocycles. The van der Waals surface area contributed by atoms with Crippen molar-refractivity contribution < 1.29 is 26.4 Å². The molecule has 0 aliphatic carbocycles. The smallest absolute Gasteiger partial charge is 0.243 e. The second kappa shape index (κ2) is 12.3. The number of carbonyl (C=O) groups excluding carboxylic acids is 1. The number of carbonyl (C=O) groups is 1. The van der Waals surface area contributed by atoms with Crippen molar-refractivity contribution in [2.45, 2.75) is 43.4 Å². The van der Waals surface area contributed by atoms with E-state index in [1.807, 2.05) is 0 Å². The highest BCUT2D eigenvalue weighted by Gasteiger charge is 2.25. The summed E-state index contributed by atoms with van der Waals surface area (Å²) in [4.78, 5) is 12.6. The molecule has 0 atom stereocenters. The Morgan fingerprint density at radius 1 is 1.03 bits per heavy atom. The zero-order chi connectivity index (χ0) is 26.3. The van der Waals surface area contributed by atoms with Gasteiger partial charge in [0.25, 0.3) is 0 Å². The van der Waals surface area contributed by atoms with Crippen molar-refractivity contribution in [1.29, 1.82) is 0 Å². The zero-order valence-electron chi connectivity index (χ0n) is 20.4. The number of hydrogen-bond acceptors (Lipinski definition) is 6. The summed E-state index contributed by atoms with van der Waals surface area (Å²) < 4.78 is 58.2. The van der Waals surface area contributed by atoms with Crippen LogP contribution in [0.3, 0.4) is 0 Å². The average Bonchev–Trinajstić information content (AvgIpc) is 3.12. The summed E-state index contributed by atoms with van der Waals surface area (Å²) in [5, 5.41) is 3.01. The number of sulfonamides is 2. The predicted molar refractivity (Wildman–Crippen MR) is 142 cm³/mol. The van der Waals surface area contributed by atoms with Gasteiger partial charge in [0, 0.05) is 31.7 Å². The number of nitrogens with one attached hydrogen (secondary N) is 1. The van der Waals surface area contributed by atoms with Gasteiger partial charge in [0.1, 0.15) is 5.75 Å². The molecular formula is C24H32ClN3O6S2. The van der Waals surface area contributed by atoms with Gasteiger partial charge in [-0.05, 0) is 61.7 Å². The van der Waals surface area contributed by atoms with Crippen LogP contribution >= 0.6 is 11.6 Å². The van der Waals surface area contributed by atoms with Crippen molar-refractivity contribution in [3.8, 4) is 5.75 Å². The lowest BCUT2D eigenvalue weighted by molar-refractivity contribution is -0.116. The topological polar surface area (TPSA) is 113 Å². The minimum atomic E-state index is -3.60. The number of amides is 1. The maximum atomic E-state index is 12.9. The van der Waals surface area contributed by atoms with Crippen molar-refractivity contribution in [2.75, 3.05) is 42.6 Å². The van der Waals surface area contributed by atoms with E-state index in [-0.39, 0.29) is 35.2 Å². The van der Waals surface area contributed by atoms with E-state index >= 15 is 0 Å². The Kier molecular flexibility index (Phi) is 9.62. The third kappa shape index (κ3) is 7.34. The third-order valence-electron chi connectivity index (χ3n) is 5.93. The van der Waals surface area contributed by atoms with Crippen molar-refractivity contribution >= 4 is 48.9 Å². The van der Waals surface area contributed by atoms with Crippen molar-refractivity contribution in [3.05, 3.63) is 47.5 Å². The lowest BCUT2D eigenvalue weighted by Gasteiger charge is -2.23. The normalized spacial score (nSPS) is 15.2. The highest BCUT2D eigenvalue weighted by Crippen LogP contribution is 2.30. The Morgan fingerprint density at radius 2 is 1.67 bits per heavy atom. The van der Waals surface area contributed by atoms with E-state index in [0.717, 1.165) is 31.9 Å². The van der Waals surface area contributed by atoms with Gasteiger partial charge in [0.05, 0.1) is 29.0 Å². The molecule has 1 N–H and O–H groups in total. The molecule has 0 spiro atoms. The Labute approximate surface area is 218 Å². The lowest BCUT2D eigenvalue weighted by atomic mass is 10.2. The SMILES string of the molecule is COc1ccc(N(CCCC(=O)Nc2ccc(S(=O)(=O)N3CCCCCC3)cc2)S(C)(=O)=O)cc1Cl. The van der Waals surface area contributed by atoms with Crippen molar-refractivity contribution in [2.24, 2.45) is 0 Å². The summed E-state index contributed by atoms with van der Waals surface area (Å²) in [5.41, 5.74) is 0.849. The van der Waals surface area contributed by atoms with Crippen molar-refractivity contribution in [3.63, 3.8) is 0 Å². The van der Waals surface area contributed by atoms with Crippen LogP contribution in [0.25, 0.3) is 0 Å². The fourth-order valence-electron chi connectivity index (χ4n) is 4.04. The molecule has 1 amide bonds. The standard InChI is InChI=1S/C24H32ClN3O6S2/c1-34-23-14-11-20(18-22(23)25)28(35(2,30)31)17-7-8-24(29)26-19-9-12-21(13-10-19)36(32,33)27-15-5-3-4-6-16-27/h9-14,18H,3-8,15-17H2,1-2H3,(H,26,29). The molecule has 2 aromatic rings. The molecule has 1 aliphatic heterocycles. The molecule has 3 rings (SSSR count). The minimum Gasteiger partial charge on any atom is -0.495 e. The fraction of sp³-hybridized carbons (Fsp3) is 0.458. The second-order valence-electron chi connectivity index (χ2n) is 8.65. The molecule has 0 saturated carbocycles.